The molecule has 34 rings (SSSR count). The van der Waals surface area contributed by atoms with Crippen molar-refractivity contribution in [3.8, 4) is 0 Å². The first-order chi connectivity index (χ1) is 35.2. The number of hydrogen-bond donors (Lipinski definition) is 0. The van der Waals surface area contributed by atoms with Gasteiger partial charge in [0.15, 0.2) is 12.4 Å². The van der Waals surface area contributed by atoms with E-state index in [9.17, 15) is 0 Å². The van der Waals surface area contributed by atoms with Crippen LogP contribution in [0, 0.1) is 0 Å². The van der Waals surface area contributed by atoms with Crippen LogP contribution in [0.1, 0.15) is 33.9 Å². The van der Waals surface area contributed by atoms with Crippen LogP contribution in [0.3, 0.4) is 0 Å². The molecule has 1 aliphatic heterocycles. The normalized spacial score (nSPS) is 23.8. The van der Waals surface area contributed by atoms with E-state index in [1.165, 1.54) is 5.56 Å². The number of likely N-dealkylation sites (N-methyl/N-ethyl adjacent to an activating group) is 1. The molecule has 2 heterocycles. The zero-order valence-corrected chi connectivity index (χ0v) is 37.0. The maximum atomic E-state index is 2.94. The molecule has 2 heteroatoms. The fourth-order valence-corrected chi connectivity index (χ4v) is 26.3. The molecule has 0 bridgehead atoms. The van der Waals surface area contributed by atoms with Gasteiger partial charge in [0, 0.05) is 18.2 Å². The van der Waals surface area contributed by atoms with E-state index in [1.807, 2.05) is 0 Å². The zero-order chi connectivity index (χ0) is 42.3. The van der Waals surface area contributed by atoms with E-state index in [1.54, 1.807) is 313 Å². The SMILES string of the molecule is CN1CC23c4c5c6c7c8c9c(c%10c%11c2c2c4c4c%12c5c5c6c6c8c8c%13c9c9c%10c%10c%11c%11c2c2c4c4c%12c%12c5c5c6c8c6c8c%13c9c9c%10c%10c%11c2c2c4c4c%12c5c6c5c8c9c%10c2c45)C73C1c1ccc[n+](C)c1. The topological polar surface area (TPSA) is 7.12 Å². The molecule has 2 nitrogen and oxygen atoms in total. The van der Waals surface area contributed by atoms with Crippen LogP contribution in [0.25, 0.3) is 291 Å². The summed E-state index contributed by atoms with van der Waals surface area (Å²) in [4.78, 5) is 2.94. The molecule has 1 aromatic heterocycles. The van der Waals surface area contributed by atoms with Crippen molar-refractivity contribution in [3.05, 3.63) is 52.3 Å². The fourth-order valence-electron chi connectivity index (χ4n) is 26.3. The summed E-state index contributed by atoms with van der Waals surface area (Å²) in [6, 6.07) is 5.09. The lowest BCUT2D eigenvalue weighted by Gasteiger charge is -2.52. The molecular weight excluding hydrogens is 857 g/mol. The van der Waals surface area contributed by atoms with E-state index in [-0.39, 0.29) is 16.9 Å². The van der Waals surface area contributed by atoms with Crippen molar-refractivity contribution in [2.75, 3.05) is 13.6 Å². The summed E-state index contributed by atoms with van der Waals surface area (Å²) >= 11 is 0. The highest BCUT2D eigenvalue weighted by atomic mass is 15.2. The first-order valence-corrected chi connectivity index (χ1v) is 26.7. The van der Waals surface area contributed by atoms with Gasteiger partial charge in [-0.2, -0.15) is 0 Å². The van der Waals surface area contributed by atoms with Gasteiger partial charge in [-0.05, 0) is 326 Å². The molecule has 5 aliphatic rings. The molecule has 298 valence electrons. The molecule has 0 N–H and O–H groups in total. The molecule has 1 atom stereocenters. The van der Waals surface area contributed by atoms with Gasteiger partial charge in [-0.15, -0.1) is 0 Å². The number of benzene rings is 18. The summed E-state index contributed by atoms with van der Waals surface area (Å²) in [5, 5.41) is 90.5. The predicted octanol–water partition coefficient (Wildman–Crippen LogP) is 16.8. The van der Waals surface area contributed by atoms with Gasteiger partial charge in [0.1, 0.15) is 7.05 Å². The van der Waals surface area contributed by atoms with Crippen molar-refractivity contribution in [2.24, 2.45) is 7.05 Å². The molecule has 29 aromatic rings. The molecule has 0 radical (unpaired) electrons. The Hall–Kier alpha value is -8.43. The quantitative estimate of drug-likeness (QED) is 0.118. The molecular formula is C69H13N2+. The second-order valence-corrected chi connectivity index (χ2v) is 26.6. The van der Waals surface area contributed by atoms with Crippen molar-refractivity contribution >= 4 is 291 Å². The van der Waals surface area contributed by atoms with Crippen molar-refractivity contribution < 1.29 is 4.57 Å². The molecule has 2 spiro atoms. The molecule has 1 fully saturated rings. The minimum absolute atomic E-state index is 0.172. The van der Waals surface area contributed by atoms with Crippen LogP contribution < -0.4 is 4.57 Å². The van der Waals surface area contributed by atoms with E-state index in [2.05, 4.69) is 48.1 Å². The van der Waals surface area contributed by atoms with Crippen LogP contribution in [-0.2, 0) is 17.9 Å². The first kappa shape index (κ1) is 26.5. The summed E-state index contributed by atoms with van der Waals surface area (Å²) in [7, 11) is 4.85. The molecule has 4 aliphatic carbocycles. The van der Waals surface area contributed by atoms with Crippen LogP contribution in [-0.4, -0.2) is 18.5 Å². The Morgan fingerprint density at radius 1 is 0.324 bits per heavy atom. The summed E-state index contributed by atoms with van der Waals surface area (Å²) in [5.41, 5.74) is 8.05. The minimum atomic E-state index is -0.304. The molecule has 1 unspecified atom stereocenters. The Morgan fingerprint density at radius 3 is 0.761 bits per heavy atom. The van der Waals surface area contributed by atoms with Crippen LogP contribution in [0.15, 0.2) is 24.5 Å². The molecule has 1 saturated heterocycles. The van der Waals surface area contributed by atoms with Gasteiger partial charge in [0.2, 0.25) is 0 Å². The van der Waals surface area contributed by atoms with E-state index < -0.39 is 0 Å². The lowest BCUT2D eigenvalue weighted by atomic mass is 9.47. The van der Waals surface area contributed by atoms with Crippen molar-refractivity contribution in [1.82, 2.24) is 4.90 Å². The van der Waals surface area contributed by atoms with Crippen LogP contribution in [0.5, 0.6) is 0 Å². The second kappa shape index (κ2) is 5.97. The smallest absolute Gasteiger partial charge is 0.173 e. The maximum absolute atomic E-state index is 2.94. The Balaban J connectivity index is 1.18. The van der Waals surface area contributed by atoms with E-state index in [0.717, 1.165) is 6.54 Å². The molecule has 0 amide bonds. The van der Waals surface area contributed by atoms with Crippen molar-refractivity contribution in [2.45, 2.75) is 16.9 Å². The Bertz CT molecular complexity index is 7250. The van der Waals surface area contributed by atoms with Crippen LogP contribution in [0.2, 0.25) is 0 Å². The van der Waals surface area contributed by atoms with Crippen molar-refractivity contribution in [3.63, 3.8) is 0 Å². The number of aryl methyl sites for hydroxylation is 1. The monoisotopic (exact) mass is 869 g/mol. The molecule has 0 saturated carbocycles. The van der Waals surface area contributed by atoms with Gasteiger partial charge < -0.3 is 0 Å². The number of pyridine rings is 1. The average Bonchev–Trinajstić information content (AvgIpc) is 4.38. The van der Waals surface area contributed by atoms with E-state index >= 15 is 0 Å². The third-order valence-corrected chi connectivity index (χ3v) is 26.2. The third-order valence-electron chi connectivity index (χ3n) is 26.2. The lowest BCUT2D eigenvalue weighted by molar-refractivity contribution is -0.672. The van der Waals surface area contributed by atoms with Gasteiger partial charge in [0.25, 0.3) is 0 Å². The minimum Gasteiger partial charge on any atom is -0.297 e. The number of nitrogens with zero attached hydrogens (tertiary/aromatic N) is 2. The molecule has 28 aromatic carbocycles. The number of likely N-dealkylation sites (tertiary alicyclic amines) is 1. The number of aromatic nitrogens is 1. The Labute approximate surface area is 388 Å². The highest BCUT2D eigenvalue weighted by molar-refractivity contribution is 6.82. The number of rotatable bonds is 1. The van der Waals surface area contributed by atoms with E-state index in [4.69, 9.17) is 0 Å². The first-order valence-electron chi connectivity index (χ1n) is 26.7. The number of hydrogen-bond acceptors (Lipinski definition) is 1. The predicted molar refractivity (Wildman–Crippen MR) is 297 cm³/mol. The fraction of sp³-hybridized carbons (Fsp3) is 0.0870. The van der Waals surface area contributed by atoms with Gasteiger partial charge >= 0.3 is 0 Å². The largest absolute Gasteiger partial charge is 0.297 e. The molecule has 71 heavy (non-hydrogen) atoms. The van der Waals surface area contributed by atoms with Crippen LogP contribution in [0.4, 0.5) is 0 Å². The highest BCUT2D eigenvalue weighted by Crippen LogP contribution is 2.87. The average molecular weight is 870 g/mol. The highest BCUT2D eigenvalue weighted by Gasteiger charge is 2.76. The summed E-state index contributed by atoms with van der Waals surface area (Å²) in [5.74, 6) is 0. The van der Waals surface area contributed by atoms with Crippen LogP contribution >= 0.6 is 0 Å². The van der Waals surface area contributed by atoms with Crippen molar-refractivity contribution in [1.29, 1.82) is 0 Å². The second-order valence-electron chi connectivity index (χ2n) is 26.6. The standard InChI is InChI=1S/C69H13N2/c1-70-5-3-4-8(6-70)67-69-65-59-53-43-31-23-15-11-9-10-13-17(15)25(31)35-29-21(13)22-14(10)18-16-12(9)20-19(11)27-33(23)41-47-37(27)38-28(20)34-24(16)32-26(18)36-30(22)40-39(29)51(45(35)53)61(65)62-52(40)46(36)54-44(32)50-42(34)48(38)56-55(47)63(57(59)49(41)43)68(69,7-71(67)2)64(56)58(50)60(54)66(62)69/h3-6,67H,7H2,1-2H3/q+1. The van der Waals surface area contributed by atoms with Gasteiger partial charge in [-0.1, -0.05) is 0 Å². The van der Waals surface area contributed by atoms with Gasteiger partial charge in [-0.3, -0.25) is 4.90 Å². The Kier molecular flexibility index (Phi) is 2.23. The summed E-state index contributed by atoms with van der Waals surface area (Å²) in [6.45, 7) is 1.05. The Morgan fingerprint density at radius 2 is 0.535 bits per heavy atom. The summed E-state index contributed by atoms with van der Waals surface area (Å²) < 4.78 is 2.37. The van der Waals surface area contributed by atoms with E-state index in [0.29, 0.717) is 0 Å². The summed E-state index contributed by atoms with van der Waals surface area (Å²) in [6.07, 6.45) is 4.83. The lowest BCUT2D eigenvalue weighted by Crippen LogP contribution is -2.52. The zero-order valence-electron chi connectivity index (χ0n) is 37.0. The van der Waals surface area contributed by atoms with Gasteiger partial charge in [0.05, 0.1) is 16.9 Å². The maximum Gasteiger partial charge on any atom is 0.173 e. The van der Waals surface area contributed by atoms with Gasteiger partial charge in [-0.25, -0.2) is 4.57 Å². The third kappa shape index (κ3) is 1.41.